The minimum atomic E-state index is -3.70. The molecule has 0 saturated heterocycles. The number of hydrogen-bond donors (Lipinski definition) is 2. The summed E-state index contributed by atoms with van der Waals surface area (Å²) in [6.07, 6.45) is 0. The first-order chi connectivity index (χ1) is 8.47. The molecule has 2 rings (SSSR count). The van der Waals surface area contributed by atoms with Gasteiger partial charge in [-0.1, -0.05) is 0 Å². The number of sulfonamides is 1. The minimum absolute atomic E-state index is 0. The average molecular weight is 303 g/mol. The number of rotatable bonds is 3. The smallest absolute Gasteiger partial charge is 0.261 e. The minimum Gasteiger partial charge on any atom is -0.399 e. The van der Waals surface area contributed by atoms with E-state index in [9.17, 15) is 12.8 Å². The Labute approximate surface area is 116 Å². The summed E-state index contributed by atoms with van der Waals surface area (Å²) in [5, 5.41) is 0. The lowest BCUT2D eigenvalue weighted by molar-refractivity contribution is 0.599. The van der Waals surface area contributed by atoms with Gasteiger partial charge in [-0.2, -0.15) is 0 Å². The van der Waals surface area contributed by atoms with Gasteiger partial charge in [0.25, 0.3) is 10.0 Å². The van der Waals surface area contributed by atoms with Crippen molar-refractivity contribution in [1.29, 1.82) is 0 Å². The molecule has 0 aromatic heterocycles. The highest BCUT2D eigenvalue weighted by Crippen LogP contribution is 2.17. The van der Waals surface area contributed by atoms with E-state index in [0.717, 1.165) is 12.1 Å². The lowest BCUT2D eigenvalue weighted by atomic mass is 10.3. The highest BCUT2D eigenvalue weighted by Gasteiger charge is 2.13. The average Bonchev–Trinajstić information content (AvgIpc) is 2.32. The summed E-state index contributed by atoms with van der Waals surface area (Å²) < 4.78 is 39.0. The molecule has 7 heteroatoms. The molecule has 0 amide bonds. The van der Waals surface area contributed by atoms with E-state index in [1.807, 2.05) is 0 Å². The van der Waals surface area contributed by atoms with Gasteiger partial charge in [0, 0.05) is 11.4 Å². The van der Waals surface area contributed by atoms with E-state index in [0.29, 0.717) is 11.4 Å². The maximum Gasteiger partial charge on any atom is 0.261 e. The van der Waals surface area contributed by atoms with Gasteiger partial charge in [-0.15, -0.1) is 12.4 Å². The number of nitrogen functional groups attached to an aromatic ring is 1. The van der Waals surface area contributed by atoms with Crippen molar-refractivity contribution in [2.45, 2.75) is 4.90 Å². The van der Waals surface area contributed by atoms with Crippen LogP contribution in [0.5, 0.6) is 0 Å². The number of nitrogens with two attached hydrogens (primary N) is 1. The molecule has 0 atom stereocenters. The summed E-state index contributed by atoms with van der Waals surface area (Å²) in [6, 6.07) is 10.9. The third-order valence-corrected chi connectivity index (χ3v) is 3.68. The summed E-state index contributed by atoms with van der Waals surface area (Å²) >= 11 is 0. The third-order valence-electron chi connectivity index (χ3n) is 2.29. The van der Waals surface area contributed by atoms with Crippen LogP contribution in [-0.2, 0) is 10.0 Å². The standard InChI is InChI=1S/C12H11FN2O2S.ClH/c13-9-1-7-12(8-2-9)18(16,17)15-11-5-3-10(14)4-6-11;/h1-8,15H,14H2;1H. The molecule has 102 valence electrons. The van der Waals surface area contributed by atoms with E-state index in [1.165, 1.54) is 12.1 Å². The normalized spacial score (nSPS) is 10.6. The number of hydrogen-bond acceptors (Lipinski definition) is 3. The molecule has 0 saturated carbocycles. The Morgan fingerprint density at radius 1 is 0.947 bits per heavy atom. The van der Waals surface area contributed by atoms with E-state index in [2.05, 4.69) is 4.72 Å². The molecule has 0 bridgehead atoms. The maximum absolute atomic E-state index is 12.7. The van der Waals surface area contributed by atoms with Gasteiger partial charge < -0.3 is 5.73 Å². The molecule has 0 heterocycles. The van der Waals surface area contributed by atoms with Crippen LogP contribution in [0.25, 0.3) is 0 Å². The molecule has 3 N–H and O–H groups in total. The van der Waals surface area contributed by atoms with Gasteiger partial charge in [-0.3, -0.25) is 4.72 Å². The molecule has 0 fully saturated rings. The molecule has 0 radical (unpaired) electrons. The maximum atomic E-state index is 12.7. The fourth-order valence-electron chi connectivity index (χ4n) is 1.38. The molecule has 0 unspecified atom stereocenters. The van der Waals surface area contributed by atoms with Crippen molar-refractivity contribution >= 4 is 33.8 Å². The van der Waals surface area contributed by atoms with Crippen LogP contribution in [0, 0.1) is 5.82 Å². The largest absolute Gasteiger partial charge is 0.399 e. The number of halogens is 2. The topological polar surface area (TPSA) is 72.2 Å². The van der Waals surface area contributed by atoms with Gasteiger partial charge in [0.15, 0.2) is 0 Å². The molecule has 2 aromatic carbocycles. The van der Waals surface area contributed by atoms with E-state index in [1.54, 1.807) is 24.3 Å². The van der Waals surface area contributed by atoms with E-state index in [4.69, 9.17) is 5.73 Å². The monoisotopic (exact) mass is 302 g/mol. The number of benzene rings is 2. The van der Waals surface area contributed by atoms with Crippen LogP contribution in [0.4, 0.5) is 15.8 Å². The first-order valence-electron chi connectivity index (χ1n) is 5.11. The van der Waals surface area contributed by atoms with Crippen molar-refractivity contribution in [2.24, 2.45) is 0 Å². The number of anilines is 2. The van der Waals surface area contributed by atoms with Gasteiger partial charge in [0.1, 0.15) is 5.82 Å². The van der Waals surface area contributed by atoms with Crippen LogP contribution in [0.1, 0.15) is 0 Å². The van der Waals surface area contributed by atoms with E-state index < -0.39 is 15.8 Å². The molecule has 19 heavy (non-hydrogen) atoms. The Morgan fingerprint density at radius 2 is 1.47 bits per heavy atom. The number of nitrogens with one attached hydrogen (secondary N) is 1. The molecule has 0 aliphatic heterocycles. The van der Waals surface area contributed by atoms with Crippen LogP contribution in [0.15, 0.2) is 53.4 Å². The Morgan fingerprint density at radius 3 is 2.00 bits per heavy atom. The molecule has 0 aliphatic carbocycles. The molecule has 2 aromatic rings. The van der Waals surface area contributed by atoms with E-state index >= 15 is 0 Å². The van der Waals surface area contributed by atoms with Crippen LogP contribution in [0.2, 0.25) is 0 Å². The SMILES string of the molecule is Cl.Nc1ccc(NS(=O)(=O)c2ccc(F)cc2)cc1. The van der Waals surface area contributed by atoms with Crippen LogP contribution >= 0.6 is 12.4 Å². The summed E-state index contributed by atoms with van der Waals surface area (Å²) in [5.74, 6) is -0.485. The predicted molar refractivity (Wildman–Crippen MR) is 75.3 cm³/mol. The fourth-order valence-corrected chi connectivity index (χ4v) is 2.44. The van der Waals surface area contributed by atoms with Crippen molar-refractivity contribution in [3.8, 4) is 0 Å². The lowest BCUT2D eigenvalue weighted by Crippen LogP contribution is -2.12. The molecule has 0 aliphatic rings. The quantitative estimate of drug-likeness (QED) is 0.856. The van der Waals surface area contributed by atoms with Crippen molar-refractivity contribution in [2.75, 3.05) is 10.5 Å². The van der Waals surface area contributed by atoms with Crippen LogP contribution < -0.4 is 10.5 Å². The third kappa shape index (κ3) is 3.84. The Kier molecular flexibility index (Phi) is 4.74. The van der Waals surface area contributed by atoms with Crippen LogP contribution in [-0.4, -0.2) is 8.42 Å². The first kappa shape index (κ1) is 15.3. The molecular formula is C12H12ClFN2O2S. The molecule has 4 nitrogen and oxygen atoms in total. The van der Waals surface area contributed by atoms with Gasteiger partial charge in [0.05, 0.1) is 4.90 Å². The fraction of sp³-hybridized carbons (Fsp3) is 0. The van der Waals surface area contributed by atoms with Crippen molar-refractivity contribution in [3.05, 3.63) is 54.3 Å². The zero-order valence-corrected chi connectivity index (χ0v) is 11.3. The summed E-state index contributed by atoms with van der Waals surface area (Å²) in [5.41, 5.74) is 6.44. The Balaban J connectivity index is 0.00000180. The molecule has 0 spiro atoms. The molecular weight excluding hydrogens is 291 g/mol. The second-order valence-corrected chi connectivity index (χ2v) is 5.36. The zero-order chi connectivity index (χ0) is 13.2. The second kappa shape index (κ2) is 5.90. The van der Waals surface area contributed by atoms with Crippen molar-refractivity contribution in [1.82, 2.24) is 0 Å². The van der Waals surface area contributed by atoms with Gasteiger partial charge in [0.2, 0.25) is 0 Å². The highest BCUT2D eigenvalue weighted by molar-refractivity contribution is 7.92. The predicted octanol–water partition coefficient (Wildman–Crippen LogP) is 2.63. The Hall–Kier alpha value is -1.79. The van der Waals surface area contributed by atoms with Crippen molar-refractivity contribution in [3.63, 3.8) is 0 Å². The summed E-state index contributed by atoms with van der Waals surface area (Å²) in [7, 11) is -3.70. The summed E-state index contributed by atoms with van der Waals surface area (Å²) in [6.45, 7) is 0. The van der Waals surface area contributed by atoms with Gasteiger partial charge in [-0.05, 0) is 48.5 Å². The zero-order valence-electron chi connectivity index (χ0n) is 9.71. The Bertz CT molecular complexity index is 642. The highest BCUT2D eigenvalue weighted by atomic mass is 35.5. The lowest BCUT2D eigenvalue weighted by Gasteiger charge is -2.08. The first-order valence-corrected chi connectivity index (χ1v) is 6.60. The van der Waals surface area contributed by atoms with Crippen molar-refractivity contribution < 1.29 is 12.8 Å². The van der Waals surface area contributed by atoms with Gasteiger partial charge >= 0.3 is 0 Å². The van der Waals surface area contributed by atoms with E-state index in [-0.39, 0.29) is 17.3 Å². The van der Waals surface area contributed by atoms with Crippen LogP contribution in [0.3, 0.4) is 0 Å². The van der Waals surface area contributed by atoms with Gasteiger partial charge in [-0.25, -0.2) is 12.8 Å². The summed E-state index contributed by atoms with van der Waals surface area (Å²) in [4.78, 5) is 0.000671. The second-order valence-electron chi connectivity index (χ2n) is 3.68.